The van der Waals surface area contributed by atoms with Gasteiger partial charge in [-0.2, -0.15) is 9.78 Å². The van der Waals surface area contributed by atoms with Crippen molar-refractivity contribution in [3.8, 4) is 16.5 Å². The Bertz CT molecular complexity index is 1090. The van der Waals surface area contributed by atoms with Crippen LogP contribution < -0.4 is 10.9 Å². The molecule has 2 N–H and O–H groups in total. The zero-order chi connectivity index (χ0) is 19.8. The van der Waals surface area contributed by atoms with Crippen molar-refractivity contribution in [3.05, 3.63) is 45.2 Å². The van der Waals surface area contributed by atoms with Crippen LogP contribution in [0.25, 0.3) is 16.5 Å². The molecule has 0 spiro atoms. The molecule has 0 bridgehead atoms. The zero-order valence-corrected chi connectivity index (χ0v) is 16.9. The molecule has 3 heterocycles. The number of amides is 1. The summed E-state index contributed by atoms with van der Waals surface area (Å²) in [6.45, 7) is 0. The number of anilines is 1. The van der Waals surface area contributed by atoms with Gasteiger partial charge in [0.15, 0.2) is 0 Å². The van der Waals surface area contributed by atoms with Gasteiger partial charge in [-0.05, 0) is 43.6 Å². The highest BCUT2D eigenvalue weighted by atomic mass is 32.1. The van der Waals surface area contributed by atoms with Gasteiger partial charge in [-0.3, -0.25) is 14.6 Å². The third-order valence-electron chi connectivity index (χ3n) is 5.84. The molecule has 0 radical (unpaired) electrons. The molecule has 1 fully saturated rings. The van der Waals surface area contributed by atoms with Crippen LogP contribution in [-0.2, 0) is 17.6 Å². The fourth-order valence-electron chi connectivity index (χ4n) is 4.30. The molecular formula is C21H23N5O2S. The maximum Gasteiger partial charge on any atom is 0.255 e. The minimum absolute atomic E-state index is 0.0205. The van der Waals surface area contributed by atoms with Crippen molar-refractivity contribution in [3.63, 3.8) is 0 Å². The number of aromatic nitrogens is 4. The second-order valence-corrected chi connectivity index (χ2v) is 8.74. The molecule has 2 aliphatic carbocycles. The monoisotopic (exact) mass is 409 g/mol. The van der Waals surface area contributed by atoms with Crippen LogP contribution in [0.4, 0.5) is 5.82 Å². The predicted octanol–water partition coefficient (Wildman–Crippen LogP) is 3.69. The second kappa shape index (κ2) is 7.59. The number of thiophene rings is 1. The van der Waals surface area contributed by atoms with E-state index in [9.17, 15) is 9.59 Å². The van der Waals surface area contributed by atoms with Crippen molar-refractivity contribution in [2.75, 3.05) is 5.32 Å². The average Bonchev–Trinajstić information content (AvgIpc) is 3.49. The maximum atomic E-state index is 12.9. The van der Waals surface area contributed by atoms with Crippen LogP contribution in [0, 0.1) is 5.92 Å². The molecule has 8 heteroatoms. The van der Waals surface area contributed by atoms with Crippen LogP contribution in [0.5, 0.6) is 0 Å². The van der Waals surface area contributed by atoms with Crippen molar-refractivity contribution >= 4 is 23.1 Å². The number of nitrogens with one attached hydrogen (secondary N) is 2. The van der Waals surface area contributed by atoms with E-state index in [0.717, 1.165) is 66.8 Å². The number of aryl methyl sites for hydroxylation is 1. The smallest absolute Gasteiger partial charge is 0.255 e. The van der Waals surface area contributed by atoms with Gasteiger partial charge in [-0.15, -0.1) is 11.3 Å². The molecule has 0 aliphatic heterocycles. The highest BCUT2D eigenvalue weighted by molar-refractivity contribution is 7.13. The number of nitrogens with zero attached hydrogens (tertiary/aromatic N) is 3. The fourth-order valence-corrected chi connectivity index (χ4v) is 4.98. The van der Waals surface area contributed by atoms with Crippen LogP contribution in [0.2, 0.25) is 0 Å². The van der Waals surface area contributed by atoms with Gasteiger partial charge in [-0.25, -0.2) is 4.98 Å². The van der Waals surface area contributed by atoms with E-state index in [4.69, 9.17) is 0 Å². The van der Waals surface area contributed by atoms with Gasteiger partial charge in [0.05, 0.1) is 10.6 Å². The van der Waals surface area contributed by atoms with Gasteiger partial charge < -0.3 is 5.32 Å². The summed E-state index contributed by atoms with van der Waals surface area (Å²) in [6.07, 6.45) is 7.74. The lowest BCUT2D eigenvalue weighted by atomic mass is 9.89. The Morgan fingerprint density at radius 1 is 1.21 bits per heavy atom. The Hall–Kier alpha value is -2.74. The molecule has 0 atom stereocenters. The van der Waals surface area contributed by atoms with Gasteiger partial charge in [0.25, 0.3) is 5.56 Å². The Morgan fingerprint density at radius 2 is 2.07 bits per heavy atom. The third kappa shape index (κ3) is 3.53. The largest absolute Gasteiger partial charge is 0.310 e. The quantitative estimate of drug-likeness (QED) is 0.687. The lowest BCUT2D eigenvalue weighted by Crippen LogP contribution is -2.26. The second-order valence-electron chi connectivity index (χ2n) is 7.80. The predicted molar refractivity (Wildman–Crippen MR) is 113 cm³/mol. The molecule has 5 rings (SSSR count). The summed E-state index contributed by atoms with van der Waals surface area (Å²) < 4.78 is 1.57. The summed E-state index contributed by atoms with van der Waals surface area (Å²) >= 11 is 1.58. The molecule has 1 saturated carbocycles. The van der Waals surface area contributed by atoms with E-state index in [-0.39, 0.29) is 17.4 Å². The summed E-state index contributed by atoms with van der Waals surface area (Å²) in [4.78, 5) is 33.9. The standard InChI is InChI=1S/C21H23N5O2S/c27-19(13-6-2-1-3-7-13)23-18-12-16(17-10-5-11-29-17)25-26(18)21-22-15-9-4-8-14(15)20(28)24-21/h5,10-13H,1-4,6-9H2,(H,23,27)(H,22,24,28). The number of aromatic amines is 1. The van der Waals surface area contributed by atoms with E-state index in [0.29, 0.717) is 11.8 Å². The lowest BCUT2D eigenvalue weighted by molar-refractivity contribution is -0.120. The number of rotatable bonds is 4. The Kier molecular flexibility index (Phi) is 4.79. The van der Waals surface area contributed by atoms with Crippen LogP contribution >= 0.6 is 11.3 Å². The van der Waals surface area contributed by atoms with E-state index >= 15 is 0 Å². The van der Waals surface area contributed by atoms with Crippen LogP contribution in [0.3, 0.4) is 0 Å². The summed E-state index contributed by atoms with van der Waals surface area (Å²) in [5.74, 6) is 0.957. The number of hydrogen-bond acceptors (Lipinski definition) is 5. The first-order valence-corrected chi connectivity index (χ1v) is 11.1. The highest BCUT2D eigenvalue weighted by Crippen LogP contribution is 2.29. The minimum atomic E-state index is -0.111. The molecule has 0 saturated heterocycles. The van der Waals surface area contributed by atoms with Gasteiger partial charge in [0, 0.05) is 17.5 Å². The molecule has 29 heavy (non-hydrogen) atoms. The van der Waals surface area contributed by atoms with E-state index in [1.807, 2.05) is 23.6 Å². The van der Waals surface area contributed by atoms with Gasteiger partial charge in [0.2, 0.25) is 11.9 Å². The van der Waals surface area contributed by atoms with Crippen LogP contribution in [-0.4, -0.2) is 25.7 Å². The normalized spacial score (nSPS) is 16.7. The Balaban J connectivity index is 1.54. The fraction of sp³-hybridized carbons (Fsp3) is 0.429. The molecule has 7 nitrogen and oxygen atoms in total. The molecule has 1 amide bonds. The zero-order valence-electron chi connectivity index (χ0n) is 16.1. The summed E-state index contributed by atoms with van der Waals surface area (Å²) in [5, 5.41) is 9.71. The van der Waals surface area contributed by atoms with Crippen LogP contribution in [0.15, 0.2) is 28.4 Å². The van der Waals surface area contributed by atoms with Gasteiger partial charge in [0.1, 0.15) is 11.5 Å². The first-order valence-electron chi connectivity index (χ1n) is 10.3. The summed E-state index contributed by atoms with van der Waals surface area (Å²) in [6, 6.07) is 5.82. The molecule has 0 unspecified atom stereocenters. The van der Waals surface area contributed by atoms with Crippen molar-refractivity contribution < 1.29 is 4.79 Å². The van der Waals surface area contributed by atoms with E-state index in [2.05, 4.69) is 20.4 Å². The van der Waals surface area contributed by atoms with E-state index in [1.54, 1.807) is 16.0 Å². The van der Waals surface area contributed by atoms with Crippen molar-refractivity contribution in [2.45, 2.75) is 51.4 Å². The average molecular weight is 410 g/mol. The first-order chi connectivity index (χ1) is 14.2. The van der Waals surface area contributed by atoms with Gasteiger partial charge >= 0.3 is 0 Å². The molecule has 3 aromatic heterocycles. The number of hydrogen-bond donors (Lipinski definition) is 2. The van der Waals surface area contributed by atoms with E-state index < -0.39 is 0 Å². The van der Waals surface area contributed by atoms with Gasteiger partial charge in [-0.1, -0.05) is 25.3 Å². The number of carbonyl (C=O) groups is 1. The summed E-state index contributed by atoms with van der Waals surface area (Å²) in [7, 11) is 0. The SMILES string of the molecule is O=C(Nc1cc(-c2cccs2)nn1-c1nc2c(c(=O)[nH]1)CCC2)C1CCCCC1. The Labute approximate surface area is 172 Å². The number of fused-ring (bicyclic) bond motifs is 1. The van der Waals surface area contributed by atoms with Crippen molar-refractivity contribution in [1.82, 2.24) is 19.7 Å². The molecule has 150 valence electrons. The topological polar surface area (TPSA) is 92.7 Å². The molecule has 3 aromatic rings. The highest BCUT2D eigenvalue weighted by Gasteiger charge is 2.24. The maximum absolute atomic E-state index is 12.9. The summed E-state index contributed by atoms with van der Waals surface area (Å²) in [5.41, 5.74) is 2.25. The molecule has 2 aliphatic rings. The molecule has 0 aromatic carbocycles. The first kappa shape index (κ1) is 18.3. The molecular weight excluding hydrogens is 386 g/mol. The Morgan fingerprint density at radius 3 is 2.86 bits per heavy atom. The van der Waals surface area contributed by atoms with Crippen molar-refractivity contribution in [1.29, 1.82) is 0 Å². The van der Waals surface area contributed by atoms with Crippen molar-refractivity contribution in [2.24, 2.45) is 5.92 Å². The number of carbonyl (C=O) groups excluding carboxylic acids is 1. The third-order valence-corrected chi connectivity index (χ3v) is 6.73. The van der Waals surface area contributed by atoms with E-state index in [1.165, 1.54) is 6.42 Å². The van der Waals surface area contributed by atoms with Crippen LogP contribution in [0.1, 0.15) is 49.8 Å². The lowest BCUT2D eigenvalue weighted by Gasteiger charge is -2.20. The minimum Gasteiger partial charge on any atom is -0.310 e. The number of H-pyrrole nitrogens is 1.